The highest BCUT2D eigenvalue weighted by Gasteiger charge is 2.25. The summed E-state index contributed by atoms with van der Waals surface area (Å²) in [6.45, 7) is 2.81. The average molecular weight is 423 g/mol. The molecule has 1 aliphatic rings. The molecular formula is C20H23ClN2O4S. The third kappa shape index (κ3) is 5.04. The number of hydrogen-bond donors (Lipinski definition) is 1. The molecule has 0 unspecified atom stereocenters. The molecule has 1 saturated heterocycles. The number of hydrogen-bond acceptors (Lipinski definition) is 4. The normalized spacial score (nSPS) is 15.2. The highest BCUT2D eigenvalue weighted by atomic mass is 35.5. The minimum Gasteiger partial charge on any atom is -0.484 e. The van der Waals surface area contributed by atoms with Crippen LogP contribution in [0.1, 0.15) is 24.8 Å². The first kappa shape index (κ1) is 20.6. The van der Waals surface area contributed by atoms with Crippen LogP contribution in [0.15, 0.2) is 47.4 Å². The van der Waals surface area contributed by atoms with Gasteiger partial charge >= 0.3 is 0 Å². The van der Waals surface area contributed by atoms with Crippen LogP contribution in [0.3, 0.4) is 0 Å². The van der Waals surface area contributed by atoms with Crippen LogP contribution >= 0.6 is 11.6 Å². The SMILES string of the molecule is Cc1cc(OCC(=O)Nc2ccc(S(=O)(=O)N3CCCCC3)cc2)ccc1Cl. The maximum atomic E-state index is 12.6. The molecule has 0 radical (unpaired) electrons. The van der Waals surface area contributed by atoms with Crippen LogP contribution in [0.5, 0.6) is 5.75 Å². The second-order valence-electron chi connectivity index (χ2n) is 6.74. The second-order valence-corrected chi connectivity index (χ2v) is 9.08. The van der Waals surface area contributed by atoms with Crippen molar-refractivity contribution in [2.24, 2.45) is 0 Å². The molecular weight excluding hydrogens is 400 g/mol. The number of amides is 1. The van der Waals surface area contributed by atoms with Crippen LogP contribution < -0.4 is 10.1 Å². The van der Waals surface area contributed by atoms with E-state index in [2.05, 4.69) is 5.32 Å². The number of nitrogens with one attached hydrogen (secondary N) is 1. The number of nitrogens with zero attached hydrogens (tertiary/aromatic N) is 1. The van der Waals surface area contributed by atoms with Crippen molar-refractivity contribution in [2.45, 2.75) is 31.1 Å². The van der Waals surface area contributed by atoms with Gasteiger partial charge in [0, 0.05) is 23.8 Å². The lowest BCUT2D eigenvalue weighted by Crippen LogP contribution is -2.35. The molecule has 0 saturated carbocycles. The largest absolute Gasteiger partial charge is 0.484 e. The molecule has 6 nitrogen and oxygen atoms in total. The van der Waals surface area contributed by atoms with Gasteiger partial charge in [0.05, 0.1) is 4.90 Å². The van der Waals surface area contributed by atoms with Crippen LogP contribution in [0.25, 0.3) is 0 Å². The number of anilines is 1. The Kier molecular flexibility index (Phi) is 6.59. The van der Waals surface area contributed by atoms with Crippen LogP contribution in [-0.4, -0.2) is 38.3 Å². The summed E-state index contributed by atoms with van der Waals surface area (Å²) < 4.78 is 32.3. The van der Waals surface area contributed by atoms with E-state index in [-0.39, 0.29) is 17.4 Å². The number of sulfonamides is 1. The number of carbonyl (C=O) groups excluding carboxylic acids is 1. The molecule has 2 aromatic rings. The first-order chi connectivity index (χ1) is 13.4. The molecule has 0 bridgehead atoms. The van der Waals surface area contributed by atoms with Crippen molar-refractivity contribution in [3.05, 3.63) is 53.1 Å². The van der Waals surface area contributed by atoms with Gasteiger partial charge < -0.3 is 10.1 Å². The van der Waals surface area contributed by atoms with Crippen molar-refractivity contribution in [1.82, 2.24) is 4.31 Å². The van der Waals surface area contributed by atoms with E-state index in [1.54, 1.807) is 30.3 Å². The molecule has 2 aromatic carbocycles. The molecule has 0 aromatic heterocycles. The monoisotopic (exact) mass is 422 g/mol. The fourth-order valence-corrected chi connectivity index (χ4v) is 4.65. The topological polar surface area (TPSA) is 75.7 Å². The smallest absolute Gasteiger partial charge is 0.262 e. The van der Waals surface area contributed by atoms with Gasteiger partial charge in [0.2, 0.25) is 10.0 Å². The third-order valence-corrected chi connectivity index (χ3v) is 6.93. The zero-order chi connectivity index (χ0) is 20.1. The summed E-state index contributed by atoms with van der Waals surface area (Å²) in [5.74, 6) is 0.222. The van der Waals surface area contributed by atoms with Crippen molar-refractivity contribution in [3.8, 4) is 5.75 Å². The Balaban J connectivity index is 1.57. The zero-order valence-corrected chi connectivity index (χ0v) is 17.2. The number of aryl methyl sites for hydroxylation is 1. The van der Waals surface area contributed by atoms with Crippen LogP contribution in [0, 0.1) is 6.92 Å². The van der Waals surface area contributed by atoms with Gasteiger partial charge in [-0.3, -0.25) is 4.79 Å². The number of halogens is 1. The Morgan fingerprint density at radius 3 is 2.43 bits per heavy atom. The van der Waals surface area contributed by atoms with Crippen LogP contribution in [-0.2, 0) is 14.8 Å². The Morgan fingerprint density at radius 1 is 1.11 bits per heavy atom. The lowest BCUT2D eigenvalue weighted by atomic mass is 10.2. The van der Waals surface area contributed by atoms with Gasteiger partial charge in [0.1, 0.15) is 5.75 Å². The van der Waals surface area contributed by atoms with Gasteiger partial charge in [0.15, 0.2) is 6.61 Å². The summed E-state index contributed by atoms with van der Waals surface area (Å²) in [5.41, 5.74) is 1.38. The van der Waals surface area contributed by atoms with Crippen LogP contribution in [0.2, 0.25) is 5.02 Å². The van der Waals surface area contributed by atoms with Crippen molar-refractivity contribution in [3.63, 3.8) is 0 Å². The maximum absolute atomic E-state index is 12.6. The van der Waals surface area contributed by atoms with Crippen molar-refractivity contribution in [1.29, 1.82) is 0 Å². The van der Waals surface area contributed by atoms with E-state index in [0.29, 0.717) is 29.5 Å². The van der Waals surface area contributed by atoms with Gasteiger partial charge in [-0.15, -0.1) is 0 Å². The number of ether oxygens (including phenoxy) is 1. The van der Waals surface area contributed by atoms with E-state index in [9.17, 15) is 13.2 Å². The molecule has 1 amide bonds. The van der Waals surface area contributed by atoms with Gasteiger partial charge in [-0.2, -0.15) is 4.31 Å². The Morgan fingerprint density at radius 2 is 1.79 bits per heavy atom. The number of carbonyl (C=O) groups is 1. The van der Waals surface area contributed by atoms with E-state index in [1.165, 1.54) is 16.4 Å². The maximum Gasteiger partial charge on any atom is 0.262 e. The fourth-order valence-electron chi connectivity index (χ4n) is 3.02. The first-order valence-corrected chi connectivity index (χ1v) is 11.0. The van der Waals surface area contributed by atoms with E-state index in [4.69, 9.17) is 16.3 Å². The molecule has 3 rings (SSSR count). The Bertz CT molecular complexity index is 939. The number of piperidine rings is 1. The molecule has 1 heterocycles. The quantitative estimate of drug-likeness (QED) is 0.767. The van der Waals surface area contributed by atoms with E-state index >= 15 is 0 Å². The molecule has 0 aliphatic carbocycles. The summed E-state index contributed by atoms with van der Waals surface area (Å²) in [6, 6.07) is 11.4. The Labute approximate surface area is 170 Å². The molecule has 150 valence electrons. The van der Waals surface area contributed by atoms with Crippen molar-refractivity contribution >= 4 is 33.2 Å². The Hall–Kier alpha value is -2.09. The minimum atomic E-state index is -3.48. The van der Waals surface area contributed by atoms with E-state index in [0.717, 1.165) is 24.8 Å². The molecule has 1 aliphatic heterocycles. The first-order valence-electron chi connectivity index (χ1n) is 9.15. The predicted octanol–water partition coefficient (Wildman–Crippen LogP) is 3.84. The van der Waals surface area contributed by atoms with Crippen molar-refractivity contribution < 1.29 is 17.9 Å². The lowest BCUT2D eigenvalue weighted by molar-refractivity contribution is -0.118. The van der Waals surface area contributed by atoms with Crippen molar-refractivity contribution in [2.75, 3.05) is 25.0 Å². The zero-order valence-electron chi connectivity index (χ0n) is 15.7. The average Bonchev–Trinajstić information content (AvgIpc) is 2.70. The number of benzene rings is 2. The summed E-state index contributed by atoms with van der Waals surface area (Å²) >= 11 is 5.96. The van der Waals surface area contributed by atoms with Gasteiger partial charge in [-0.05, 0) is 67.8 Å². The molecule has 0 spiro atoms. The second kappa shape index (κ2) is 8.94. The summed E-state index contributed by atoms with van der Waals surface area (Å²) in [5, 5.41) is 3.33. The molecule has 28 heavy (non-hydrogen) atoms. The van der Waals surface area contributed by atoms with E-state index in [1.807, 2.05) is 6.92 Å². The predicted molar refractivity (Wildman–Crippen MR) is 109 cm³/mol. The van der Waals surface area contributed by atoms with Gasteiger partial charge in [-0.1, -0.05) is 18.0 Å². The van der Waals surface area contributed by atoms with Gasteiger partial charge in [0.25, 0.3) is 5.91 Å². The van der Waals surface area contributed by atoms with Gasteiger partial charge in [-0.25, -0.2) is 8.42 Å². The summed E-state index contributed by atoms with van der Waals surface area (Å²) in [6.07, 6.45) is 2.84. The summed E-state index contributed by atoms with van der Waals surface area (Å²) in [4.78, 5) is 12.3. The molecule has 8 heteroatoms. The third-order valence-electron chi connectivity index (χ3n) is 4.59. The molecule has 1 N–H and O–H groups in total. The minimum absolute atomic E-state index is 0.158. The molecule has 1 fully saturated rings. The summed E-state index contributed by atoms with van der Waals surface area (Å²) in [7, 11) is -3.48. The highest BCUT2D eigenvalue weighted by Crippen LogP contribution is 2.23. The van der Waals surface area contributed by atoms with E-state index < -0.39 is 10.0 Å². The fraction of sp³-hybridized carbons (Fsp3) is 0.350. The molecule has 0 atom stereocenters. The van der Waals surface area contributed by atoms with Crippen LogP contribution in [0.4, 0.5) is 5.69 Å². The standard InChI is InChI=1S/C20H23ClN2O4S/c1-15-13-17(7-10-19(15)21)27-14-20(24)22-16-5-8-18(9-6-16)28(25,26)23-11-3-2-4-12-23/h5-10,13H,2-4,11-12,14H2,1H3,(H,22,24). The number of rotatable bonds is 6. The lowest BCUT2D eigenvalue weighted by Gasteiger charge is -2.25. The highest BCUT2D eigenvalue weighted by molar-refractivity contribution is 7.89.